The molecule has 0 radical (unpaired) electrons. The summed E-state index contributed by atoms with van der Waals surface area (Å²) >= 11 is 0. The first-order chi connectivity index (χ1) is 3.77. The van der Waals surface area contributed by atoms with Crippen molar-refractivity contribution in [2.45, 2.75) is 13.8 Å². The molecule has 0 aliphatic heterocycles. The van der Waals surface area contributed by atoms with E-state index in [1.54, 1.807) is 6.08 Å². The molecule has 1 heteroatoms. The number of hydrogen-bond acceptors (Lipinski definition) is 1. The number of carbonyl (C=O) groups is 1. The van der Waals surface area contributed by atoms with Crippen molar-refractivity contribution in [2.75, 3.05) is 0 Å². The average Bonchev–Trinajstić information content (AvgIpc) is 1.66. The van der Waals surface area contributed by atoms with Crippen LogP contribution in [-0.4, -0.2) is 5.78 Å². The fourth-order valence-corrected chi connectivity index (χ4v) is 0.302. The van der Waals surface area contributed by atoms with Gasteiger partial charge in [0, 0.05) is 0 Å². The van der Waals surface area contributed by atoms with Gasteiger partial charge in [-0.05, 0) is 19.9 Å². The van der Waals surface area contributed by atoms with Crippen LogP contribution in [0, 0.1) is 0 Å². The van der Waals surface area contributed by atoms with Crippen LogP contribution in [-0.2, 0) is 4.79 Å². The van der Waals surface area contributed by atoms with Crippen LogP contribution in [0.3, 0.4) is 0 Å². The number of ketones is 1. The van der Waals surface area contributed by atoms with Gasteiger partial charge < -0.3 is 0 Å². The molecule has 0 bridgehead atoms. The Bertz CT molecular complexity index is 120. The molecule has 0 spiro atoms. The van der Waals surface area contributed by atoms with E-state index in [0.29, 0.717) is 0 Å². The van der Waals surface area contributed by atoms with E-state index in [-0.39, 0.29) is 5.78 Å². The summed E-state index contributed by atoms with van der Waals surface area (Å²) in [5.41, 5.74) is 0. The summed E-state index contributed by atoms with van der Waals surface area (Å²) in [6.45, 7) is 3.43. The molecule has 0 unspecified atom stereocenters. The largest absolute Gasteiger partial charge is 0.295 e. The zero-order valence-electron chi connectivity index (χ0n) is 5.22. The Hall–Kier alpha value is -0.850. The molecule has 0 atom stereocenters. The molecule has 0 N–H and O–H groups in total. The second kappa shape index (κ2) is 4.31. The van der Waals surface area contributed by atoms with Crippen LogP contribution in [0.2, 0.25) is 0 Å². The maximum Gasteiger partial charge on any atom is 0.152 e. The molecule has 0 aromatic rings. The highest BCUT2D eigenvalue weighted by atomic mass is 16.1. The normalized spacial score (nSPS) is 11.2. The van der Waals surface area contributed by atoms with Gasteiger partial charge in [-0.2, -0.15) is 0 Å². The van der Waals surface area contributed by atoms with Crippen molar-refractivity contribution in [1.29, 1.82) is 0 Å². The molecule has 0 fully saturated rings. The van der Waals surface area contributed by atoms with Crippen molar-refractivity contribution in [3.63, 3.8) is 0 Å². The molecule has 44 valence electrons. The minimum absolute atomic E-state index is 0.0862. The van der Waals surface area contributed by atoms with Crippen molar-refractivity contribution >= 4 is 5.78 Å². The average molecular weight is 110 g/mol. The fraction of sp³-hybridized carbons (Fsp3) is 0.286. The Morgan fingerprint density at radius 1 is 1.38 bits per heavy atom. The first-order valence-corrected chi connectivity index (χ1v) is 2.57. The SMILES string of the molecule is C/C=C\C=CC(C)=O. The van der Waals surface area contributed by atoms with E-state index in [2.05, 4.69) is 0 Å². The third kappa shape index (κ3) is 5.15. The lowest BCUT2D eigenvalue weighted by atomic mass is 10.4. The summed E-state index contributed by atoms with van der Waals surface area (Å²) in [7, 11) is 0. The standard InChI is InChI=1S/C7H10O/c1-3-4-5-6-7(2)8/h3-6H,1-2H3/b4-3-,6-5?. The molecular weight excluding hydrogens is 100 g/mol. The van der Waals surface area contributed by atoms with Crippen molar-refractivity contribution < 1.29 is 4.79 Å². The molecule has 0 heterocycles. The highest BCUT2D eigenvalue weighted by Gasteiger charge is 1.74. The van der Waals surface area contributed by atoms with E-state index < -0.39 is 0 Å². The van der Waals surface area contributed by atoms with Gasteiger partial charge in [0.05, 0.1) is 0 Å². The molecule has 0 aliphatic carbocycles. The lowest BCUT2D eigenvalue weighted by Gasteiger charge is -1.72. The van der Waals surface area contributed by atoms with Gasteiger partial charge in [-0.3, -0.25) is 4.79 Å². The van der Waals surface area contributed by atoms with Gasteiger partial charge in [0.15, 0.2) is 5.78 Å². The number of carbonyl (C=O) groups excluding carboxylic acids is 1. The van der Waals surface area contributed by atoms with Crippen LogP contribution in [0.15, 0.2) is 24.3 Å². The van der Waals surface area contributed by atoms with E-state index in [9.17, 15) is 4.79 Å². The molecule has 0 rings (SSSR count). The van der Waals surface area contributed by atoms with Crippen LogP contribution < -0.4 is 0 Å². The Morgan fingerprint density at radius 3 is 2.38 bits per heavy atom. The van der Waals surface area contributed by atoms with E-state index in [1.807, 2.05) is 19.1 Å². The summed E-state index contributed by atoms with van der Waals surface area (Å²) in [6, 6.07) is 0. The smallest absolute Gasteiger partial charge is 0.152 e. The number of allylic oxidation sites excluding steroid dienone is 4. The molecular formula is C7H10O. The first kappa shape index (κ1) is 7.15. The molecule has 1 nitrogen and oxygen atoms in total. The predicted octanol–water partition coefficient (Wildman–Crippen LogP) is 1.71. The monoisotopic (exact) mass is 110 g/mol. The lowest BCUT2D eigenvalue weighted by molar-refractivity contribution is -0.112. The van der Waals surface area contributed by atoms with Crippen LogP contribution in [0.1, 0.15) is 13.8 Å². The Morgan fingerprint density at radius 2 is 2.00 bits per heavy atom. The van der Waals surface area contributed by atoms with Crippen molar-refractivity contribution in [3.05, 3.63) is 24.3 Å². The maximum absolute atomic E-state index is 10.2. The van der Waals surface area contributed by atoms with Crippen LogP contribution in [0.5, 0.6) is 0 Å². The first-order valence-electron chi connectivity index (χ1n) is 2.57. The Labute approximate surface area is 49.7 Å². The zero-order chi connectivity index (χ0) is 6.41. The third-order valence-corrected chi connectivity index (χ3v) is 0.634. The van der Waals surface area contributed by atoms with Gasteiger partial charge in [0.2, 0.25) is 0 Å². The van der Waals surface area contributed by atoms with E-state index in [0.717, 1.165) is 0 Å². The van der Waals surface area contributed by atoms with Gasteiger partial charge in [-0.15, -0.1) is 0 Å². The predicted molar refractivity (Wildman–Crippen MR) is 34.6 cm³/mol. The van der Waals surface area contributed by atoms with E-state index in [4.69, 9.17) is 0 Å². The zero-order valence-corrected chi connectivity index (χ0v) is 5.22. The van der Waals surface area contributed by atoms with Crippen LogP contribution in [0.4, 0.5) is 0 Å². The topological polar surface area (TPSA) is 17.1 Å². The van der Waals surface area contributed by atoms with Crippen molar-refractivity contribution in [3.8, 4) is 0 Å². The van der Waals surface area contributed by atoms with Crippen molar-refractivity contribution in [2.24, 2.45) is 0 Å². The highest BCUT2D eigenvalue weighted by molar-refractivity contribution is 5.87. The number of rotatable bonds is 2. The second-order valence-electron chi connectivity index (χ2n) is 1.50. The minimum Gasteiger partial charge on any atom is -0.295 e. The number of hydrogen-bond donors (Lipinski definition) is 0. The van der Waals surface area contributed by atoms with Gasteiger partial charge in [-0.1, -0.05) is 18.2 Å². The highest BCUT2D eigenvalue weighted by Crippen LogP contribution is 1.76. The quantitative estimate of drug-likeness (QED) is 0.390. The van der Waals surface area contributed by atoms with Crippen LogP contribution in [0.25, 0.3) is 0 Å². The van der Waals surface area contributed by atoms with E-state index >= 15 is 0 Å². The third-order valence-electron chi connectivity index (χ3n) is 0.634. The molecule has 0 aromatic carbocycles. The van der Waals surface area contributed by atoms with Gasteiger partial charge in [-0.25, -0.2) is 0 Å². The summed E-state index contributed by atoms with van der Waals surface area (Å²) in [4.78, 5) is 10.2. The molecule has 0 saturated heterocycles. The van der Waals surface area contributed by atoms with Gasteiger partial charge in [0.25, 0.3) is 0 Å². The lowest BCUT2D eigenvalue weighted by Crippen LogP contribution is -1.76. The molecule has 8 heavy (non-hydrogen) atoms. The van der Waals surface area contributed by atoms with Gasteiger partial charge in [0.1, 0.15) is 0 Å². The Kier molecular flexibility index (Phi) is 3.85. The molecule has 0 aliphatic rings. The minimum atomic E-state index is 0.0862. The van der Waals surface area contributed by atoms with Crippen LogP contribution >= 0.6 is 0 Å². The van der Waals surface area contributed by atoms with E-state index in [1.165, 1.54) is 13.0 Å². The fourth-order valence-electron chi connectivity index (χ4n) is 0.302. The molecule has 0 aromatic heterocycles. The summed E-state index contributed by atoms with van der Waals surface area (Å²) in [5, 5.41) is 0. The maximum atomic E-state index is 10.2. The summed E-state index contributed by atoms with van der Waals surface area (Å²) < 4.78 is 0. The summed E-state index contributed by atoms with van der Waals surface area (Å²) in [5.74, 6) is 0.0862. The molecule has 0 amide bonds. The Balaban J connectivity index is 3.50. The van der Waals surface area contributed by atoms with Gasteiger partial charge >= 0.3 is 0 Å². The second-order valence-corrected chi connectivity index (χ2v) is 1.50. The molecule has 0 saturated carbocycles. The summed E-state index contributed by atoms with van der Waals surface area (Å²) in [6.07, 6.45) is 6.95. The van der Waals surface area contributed by atoms with Crippen molar-refractivity contribution in [1.82, 2.24) is 0 Å².